The molecule has 1 atom stereocenters. The quantitative estimate of drug-likeness (QED) is 0.503. The molecule has 74 valence electrons. The Morgan fingerprint density at radius 1 is 1.64 bits per heavy atom. The minimum atomic E-state index is -0.503. The molecular weight excluding hydrogens is 246 g/mol. The highest BCUT2D eigenvalue weighted by Gasteiger charge is 2.08. The van der Waals surface area contributed by atoms with Gasteiger partial charge >= 0.3 is 0 Å². The topological polar surface area (TPSA) is 69.0 Å². The van der Waals surface area contributed by atoms with Crippen molar-refractivity contribution in [2.75, 3.05) is 6.61 Å². The third-order valence-corrected chi connectivity index (χ3v) is 2.80. The van der Waals surface area contributed by atoms with Gasteiger partial charge in [0.15, 0.2) is 0 Å². The Labute approximate surface area is 90.3 Å². The summed E-state index contributed by atoms with van der Waals surface area (Å²) in [6.45, 7) is 1.79. The second-order valence-corrected chi connectivity index (χ2v) is 3.77. The van der Waals surface area contributed by atoms with Crippen LogP contribution in [0.25, 0.3) is 10.4 Å². The number of benzene rings is 1. The first-order valence-electron chi connectivity index (χ1n) is 4.10. The smallest absolute Gasteiger partial charge is 0.0856 e. The molecule has 0 bridgehead atoms. The lowest BCUT2D eigenvalue weighted by Crippen LogP contribution is -2.00. The molecule has 1 rings (SSSR count). The summed E-state index contributed by atoms with van der Waals surface area (Å²) in [7, 11) is 0. The molecule has 5 heteroatoms. The summed E-state index contributed by atoms with van der Waals surface area (Å²) < 4.78 is 0.946. The van der Waals surface area contributed by atoms with E-state index in [1.165, 1.54) is 0 Å². The van der Waals surface area contributed by atoms with Crippen LogP contribution in [-0.2, 0) is 0 Å². The number of nitrogens with zero attached hydrogens (tertiary/aromatic N) is 3. The highest BCUT2D eigenvalue weighted by molar-refractivity contribution is 9.10. The van der Waals surface area contributed by atoms with Gasteiger partial charge in [-0.1, -0.05) is 33.2 Å². The number of azide groups is 1. The Bertz CT molecular complexity index is 374. The predicted octanol–water partition coefficient (Wildman–Crippen LogP) is 3.10. The zero-order valence-electron chi connectivity index (χ0n) is 7.68. The number of aliphatic hydroxyl groups excluding tert-OH is 1. The molecule has 4 nitrogen and oxygen atoms in total. The number of rotatable bonds is 3. The van der Waals surface area contributed by atoms with Crippen molar-refractivity contribution in [3.05, 3.63) is 44.2 Å². The maximum Gasteiger partial charge on any atom is 0.0856 e. The first-order valence-corrected chi connectivity index (χ1v) is 4.89. The van der Waals surface area contributed by atoms with Crippen LogP contribution in [0.15, 0.2) is 27.8 Å². The molecular formula is C9H10BrN3O. The molecule has 0 aliphatic carbocycles. The normalized spacial score (nSPS) is 11.9. The molecule has 0 saturated heterocycles. The molecule has 0 radical (unpaired) electrons. The van der Waals surface area contributed by atoms with E-state index in [0.717, 1.165) is 15.6 Å². The highest BCUT2D eigenvalue weighted by atomic mass is 79.9. The summed E-state index contributed by atoms with van der Waals surface area (Å²) in [6, 6.07) is 5.10. The Morgan fingerprint density at radius 2 is 2.36 bits per heavy atom. The summed E-state index contributed by atoms with van der Waals surface area (Å²) in [5.74, 6) is 0. The molecule has 1 N–H and O–H groups in total. The Balaban J connectivity index is 3.05. The molecule has 0 aliphatic rings. The molecule has 0 fully saturated rings. The summed E-state index contributed by atoms with van der Waals surface area (Å²) in [6.07, 6.45) is 0. The van der Waals surface area contributed by atoms with E-state index in [4.69, 9.17) is 10.6 Å². The van der Waals surface area contributed by atoms with Crippen molar-refractivity contribution in [1.29, 1.82) is 0 Å². The molecule has 0 aromatic heterocycles. The van der Waals surface area contributed by atoms with Gasteiger partial charge in [-0.05, 0) is 29.6 Å². The molecule has 14 heavy (non-hydrogen) atoms. The van der Waals surface area contributed by atoms with Crippen LogP contribution in [0, 0.1) is 6.92 Å². The molecule has 1 aromatic rings. The van der Waals surface area contributed by atoms with Crippen LogP contribution >= 0.6 is 15.9 Å². The van der Waals surface area contributed by atoms with E-state index in [0.29, 0.717) is 0 Å². The van der Waals surface area contributed by atoms with Gasteiger partial charge in [0, 0.05) is 9.38 Å². The van der Waals surface area contributed by atoms with Crippen LogP contribution in [0.4, 0.5) is 0 Å². The lowest BCUT2D eigenvalue weighted by atomic mass is 10.1. The largest absolute Gasteiger partial charge is 0.396 e. The third kappa shape index (κ3) is 2.48. The van der Waals surface area contributed by atoms with Crippen LogP contribution < -0.4 is 0 Å². The fourth-order valence-electron chi connectivity index (χ4n) is 1.09. The van der Waals surface area contributed by atoms with E-state index in [2.05, 4.69) is 26.0 Å². The van der Waals surface area contributed by atoms with Gasteiger partial charge in [0.1, 0.15) is 0 Å². The van der Waals surface area contributed by atoms with Crippen molar-refractivity contribution >= 4 is 15.9 Å². The second-order valence-electron chi connectivity index (χ2n) is 2.91. The minimum Gasteiger partial charge on any atom is -0.396 e. The van der Waals surface area contributed by atoms with Crippen molar-refractivity contribution in [3.8, 4) is 0 Å². The second kappa shape index (κ2) is 5.00. The summed E-state index contributed by atoms with van der Waals surface area (Å²) >= 11 is 3.38. The van der Waals surface area contributed by atoms with E-state index >= 15 is 0 Å². The first kappa shape index (κ1) is 11.0. The molecule has 0 aliphatic heterocycles. The minimum absolute atomic E-state index is 0.181. The molecule has 0 amide bonds. The zero-order chi connectivity index (χ0) is 10.6. The average Bonchev–Trinajstić information content (AvgIpc) is 2.19. The lowest BCUT2D eigenvalue weighted by molar-refractivity contribution is 0.268. The van der Waals surface area contributed by atoms with Crippen molar-refractivity contribution in [2.24, 2.45) is 5.11 Å². The van der Waals surface area contributed by atoms with Gasteiger partial charge in [-0.25, -0.2) is 0 Å². The van der Waals surface area contributed by atoms with Crippen molar-refractivity contribution in [1.82, 2.24) is 0 Å². The van der Waals surface area contributed by atoms with E-state index < -0.39 is 6.04 Å². The zero-order valence-corrected chi connectivity index (χ0v) is 9.27. The van der Waals surface area contributed by atoms with Crippen LogP contribution in [0.2, 0.25) is 0 Å². The highest BCUT2D eigenvalue weighted by Crippen LogP contribution is 2.23. The predicted molar refractivity (Wildman–Crippen MR) is 57.9 cm³/mol. The maximum absolute atomic E-state index is 8.99. The van der Waals surface area contributed by atoms with Crippen molar-refractivity contribution in [3.63, 3.8) is 0 Å². The Hall–Kier alpha value is -1.03. The molecule has 0 spiro atoms. The lowest BCUT2D eigenvalue weighted by Gasteiger charge is -2.09. The van der Waals surface area contributed by atoms with Crippen LogP contribution in [0.1, 0.15) is 17.2 Å². The number of aliphatic hydroxyl groups is 1. The fourth-order valence-corrected chi connectivity index (χ4v) is 1.48. The van der Waals surface area contributed by atoms with Crippen LogP contribution in [0.3, 0.4) is 0 Å². The Morgan fingerprint density at radius 3 is 2.86 bits per heavy atom. The monoisotopic (exact) mass is 255 g/mol. The Kier molecular flexibility index (Phi) is 3.95. The molecule has 1 unspecified atom stereocenters. The number of hydrogen-bond acceptors (Lipinski definition) is 2. The van der Waals surface area contributed by atoms with Crippen LogP contribution in [0.5, 0.6) is 0 Å². The van der Waals surface area contributed by atoms with E-state index in [1.807, 2.05) is 25.1 Å². The molecule has 0 saturated carbocycles. The van der Waals surface area contributed by atoms with Gasteiger partial charge in [-0.3, -0.25) is 0 Å². The van der Waals surface area contributed by atoms with E-state index in [1.54, 1.807) is 0 Å². The molecule has 1 aromatic carbocycles. The summed E-state index contributed by atoms with van der Waals surface area (Å²) in [5.41, 5.74) is 10.2. The first-order chi connectivity index (χ1) is 6.69. The van der Waals surface area contributed by atoms with Crippen molar-refractivity contribution in [2.45, 2.75) is 13.0 Å². The maximum atomic E-state index is 8.99. The van der Waals surface area contributed by atoms with Gasteiger partial charge in [0.25, 0.3) is 0 Å². The standard InChI is InChI=1S/C9H10BrN3O/c1-6-2-3-7(4-8(6)10)9(5-14)12-13-11/h2-4,9,14H,5H2,1H3. The van der Waals surface area contributed by atoms with E-state index in [9.17, 15) is 0 Å². The number of halogens is 1. The average molecular weight is 256 g/mol. The SMILES string of the molecule is Cc1ccc(C(CO)N=[N+]=[N-])cc1Br. The third-order valence-electron chi connectivity index (χ3n) is 1.94. The van der Waals surface area contributed by atoms with Crippen LogP contribution in [-0.4, -0.2) is 11.7 Å². The van der Waals surface area contributed by atoms with Gasteiger partial charge in [-0.15, -0.1) is 0 Å². The van der Waals surface area contributed by atoms with Gasteiger partial charge in [-0.2, -0.15) is 0 Å². The van der Waals surface area contributed by atoms with Crippen molar-refractivity contribution < 1.29 is 5.11 Å². The van der Waals surface area contributed by atoms with E-state index in [-0.39, 0.29) is 6.61 Å². The summed E-state index contributed by atoms with van der Waals surface area (Å²) in [5, 5.41) is 12.5. The van der Waals surface area contributed by atoms with Gasteiger partial charge < -0.3 is 5.11 Å². The molecule has 0 heterocycles. The fraction of sp³-hybridized carbons (Fsp3) is 0.333. The van der Waals surface area contributed by atoms with Gasteiger partial charge in [0.05, 0.1) is 12.6 Å². The van der Waals surface area contributed by atoms with Gasteiger partial charge in [0.2, 0.25) is 0 Å². The number of aryl methyl sites for hydroxylation is 1. The number of hydrogen-bond donors (Lipinski definition) is 1. The summed E-state index contributed by atoms with van der Waals surface area (Å²) in [4.78, 5) is 2.69.